The molecule has 2 N–H and O–H groups in total. The third-order valence-electron chi connectivity index (χ3n) is 4.79. The van der Waals surface area contributed by atoms with Gasteiger partial charge < -0.3 is 15.2 Å². The molecule has 2 heterocycles. The molecule has 0 saturated heterocycles. The van der Waals surface area contributed by atoms with Crippen molar-refractivity contribution in [1.29, 1.82) is 0 Å². The zero-order valence-electron chi connectivity index (χ0n) is 19.5. The minimum absolute atomic E-state index is 0.0573. The maximum atomic E-state index is 10.6. The van der Waals surface area contributed by atoms with Gasteiger partial charge in [0.15, 0.2) is 0 Å². The number of ether oxygens (including phenoxy) is 2. The van der Waals surface area contributed by atoms with Crippen molar-refractivity contribution in [3.63, 3.8) is 0 Å². The molecule has 0 unspecified atom stereocenters. The number of non-ortho nitro benzene ring substituents is 1. The number of nitrogen functional groups attached to an aromatic ring is 1. The predicted octanol–water partition coefficient (Wildman–Crippen LogP) is 6.47. The molecule has 0 amide bonds. The Kier molecular flexibility index (Phi) is 7.76. The van der Waals surface area contributed by atoms with Gasteiger partial charge >= 0.3 is 0 Å². The van der Waals surface area contributed by atoms with Crippen LogP contribution in [0.5, 0.6) is 23.0 Å². The third kappa shape index (κ3) is 6.77. The van der Waals surface area contributed by atoms with Crippen LogP contribution in [0.1, 0.15) is 22.5 Å². The highest BCUT2D eigenvalue weighted by Gasteiger charge is 2.09. The van der Waals surface area contributed by atoms with Crippen LogP contribution < -0.4 is 15.2 Å². The lowest BCUT2D eigenvalue weighted by atomic mass is 10.2. The largest absolute Gasteiger partial charge is 0.455 e. The van der Waals surface area contributed by atoms with Gasteiger partial charge in [-0.1, -0.05) is 0 Å². The Morgan fingerprint density at radius 2 is 1.24 bits per heavy atom. The third-order valence-corrected chi connectivity index (χ3v) is 4.79. The summed E-state index contributed by atoms with van der Waals surface area (Å²) < 4.78 is 11.3. The summed E-state index contributed by atoms with van der Waals surface area (Å²) >= 11 is 0. The van der Waals surface area contributed by atoms with E-state index in [0.29, 0.717) is 17.1 Å². The highest BCUT2D eigenvalue weighted by molar-refractivity contribution is 5.48. The van der Waals surface area contributed by atoms with Gasteiger partial charge in [0.25, 0.3) is 5.69 Å². The average Bonchev–Trinajstić information content (AvgIpc) is 2.80. The van der Waals surface area contributed by atoms with Gasteiger partial charge in [0.2, 0.25) is 0 Å². The first-order chi connectivity index (χ1) is 16.2. The molecular formula is C26H26N4O4. The van der Waals surface area contributed by atoms with Crippen molar-refractivity contribution >= 4 is 11.4 Å². The second-order valence-corrected chi connectivity index (χ2v) is 7.71. The highest BCUT2D eigenvalue weighted by Crippen LogP contribution is 2.28. The molecule has 0 aliphatic heterocycles. The van der Waals surface area contributed by atoms with Gasteiger partial charge in [-0.25, -0.2) is 0 Å². The molecule has 0 radical (unpaired) electrons. The molecule has 0 saturated carbocycles. The summed E-state index contributed by atoms with van der Waals surface area (Å²) in [7, 11) is 0. The summed E-state index contributed by atoms with van der Waals surface area (Å²) in [6, 6.07) is 17.5. The smallest absolute Gasteiger partial charge is 0.269 e. The topological polar surface area (TPSA) is 113 Å². The second-order valence-electron chi connectivity index (χ2n) is 7.71. The molecule has 2 aromatic carbocycles. The first kappa shape index (κ1) is 24.2. The Bertz CT molecular complexity index is 1270. The first-order valence-corrected chi connectivity index (χ1v) is 10.5. The van der Waals surface area contributed by atoms with Crippen LogP contribution in [-0.2, 0) is 0 Å². The van der Waals surface area contributed by atoms with E-state index in [2.05, 4.69) is 9.97 Å². The van der Waals surface area contributed by atoms with Crippen molar-refractivity contribution < 1.29 is 14.4 Å². The second kappa shape index (κ2) is 10.9. The van der Waals surface area contributed by atoms with Crippen molar-refractivity contribution in [1.82, 2.24) is 9.97 Å². The number of nitro benzene ring substituents is 1. The van der Waals surface area contributed by atoms with Crippen molar-refractivity contribution in [3.05, 3.63) is 106 Å². The number of anilines is 1. The minimum atomic E-state index is -0.426. The molecule has 8 heteroatoms. The van der Waals surface area contributed by atoms with Crippen LogP contribution in [0.4, 0.5) is 11.4 Å². The zero-order valence-corrected chi connectivity index (χ0v) is 19.5. The van der Waals surface area contributed by atoms with Gasteiger partial charge in [0.05, 0.1) is 17.3 Å². The van der Waals surface area contributed by atoms with E-state index in [1.165, 1.54) is 12.1 Å². The summed E-state index contributed by atoms with van der Waals surface area (Å²) in [5, 5.41) is 10.6. The lowest BCUT2D eigenvalue weighted by Crippen LogP contribution is -1.92. The van der Waals surface area contributed by atoms with Crippen LogP contribution in [0.15, 0.2) is 73.1 Å². The van der Waals surface area contributed by atoms with E-state index in [0.717, 1.165) is 34.1 Å². The zero-order chi connectivity index (χ0) is 24.7. The van der Waals surface area contributed by atoms with E-state index in [9.17, 15) is 10.1 Å². The summed E-state index contributed by atoms with van der Waals surface area (Å²) in [6.45, 7) is 7.57. The van der Waals surface area contributed by atoms with Gasteiger partial charge in [0, 0.05) is 29.2 Å². The van der Waals surface area contributed by atoms with Gasteiger partial charge in [-0.05, 0) is 87.4 Å². The Hall–Kier alpha value is -4.46. The van der Waals surface area contributed by atoms with Gasteiger partial charge in [0.1, 0.15) is 23.0 Å². The van der Waals surface area contributed by atoms with E-state index >= 15 is 0 Å². The maximum Gasteiger partial charge on any atom is 0.269 e. The molecule has 0 aliphatic rings. The molecule has 174 valence electrons. The number of nitrogens with zero attached hydrogens (tertiary/aromatic N) is 3. The Morgan fingerprint density at radius 3 is 1.65 bits per heavy atom. The molecule has 4 aromatic rings. The molecule has 0 bridgehead atoms. The van der Waals surface area contributed by atoms with Crippen LogP contribution in [0.2, 0.25) is 0 Å². The number of nitro groups is 1. The summed E-state index contributed by atoms with van der Waals surface area (Å²) in [5.74, 6) is 2.74. The number of hydrogen-bond acceptors (Lipinski definition) is 7. The molecular weight excluding hydrogens is 432 g/mol. The van der Waals surface area contributed by atoms with Crippen LogP contribution in [0.25, 0.3) is 0 Å². The molecule has 0 spiro atoms. The lowest BCUT2D eigenvalue weighted by molar-refractivity contribution is -0.384. The van der Waals surface area contributed by atoms with E-state index in [1.54, 1.807) is 25.4 Å². The monoisotopic (exact) mass is 458 g/mol. The standard InChI is InChI=1S/C13H12N2O3.C13H14N2O/c1-9-7-11(15(16)17)4-6-13(9)18-12-5-3-10(2)14-8-12;1-9-7-11(14)4-6-13(9)16-12-5-3-10(2)15-8-12/h3-8H,1-2H3;3-8H,14H2,1-2H3. The molecule has 2 aromatic heterocycles. The fraction of sp³-hybridized carbons (Fsp3) is 0.154. The first-order valence-electron chi connectivity index (χ1n) is 10.5. The molecule has 34 heavy (non-hydrogen) atoms. The molecule has 4 rings (SSSR count). The summed E-state index contributed by atoms with van der Waals surface area (Å²) in [6.07, 6.45) is 3.33. The van der Waals surface area contributed by atoms with Crippen molar-refractivity contribution in [2.75, 3.05) is 5.73 Å². The van der Waals surface area contributed by atoms with Gasteiger partial charge in [-0.2, -0.15) is 0 Å². The number of nitrogens with two attached hydrogens (primary N) is 1. The Morgan fingerprint density at radius 1 is 0.735 bits per heavy atom. The molecule has 0 fully saturated rings. The van der Waals surface area contributed by atoms with Crippen LogP contribution in [-0.4, -0.2) is 14.9 Å². The SMILES string of the molecule is Cc1ccc(Oc2ccc(N)cc2C)cn1.Cc1ccc(Oc2ccc([N+](=O)[O-])cc2C)cn1. The van der Waals surface area contributed by atoms with Crippen molar-refractivity contribution in [3.8, 4) is 23.0 Å². The number of benzene rings is 2. The van der Waals surface area contributed by atoms with Gasteiger partial charge in [-0.3, -0.25) is 20.1 Å². The molecule has 0 atom stereocenters. The van der Waals surface area contributed by atoms with Gasteiger partial charge in [-0.15, -0.1) is 0 Å². The summed E-state index contributed by atoms with van der Waals surface area (Å²) in [5.41, 5.74) is 10.1. The molecule has 8 nitrogen and oxygen atoms in total. The fourth-order valence-electron chi connectivity index (χ4n) is 2.93. The number of hydrogen-bond donors (Lipinski definition) is 1. The molecule has 0 aliphatic carbocycles. The van der Waals surface area contributed by atoms with E-state index in [4.69, 9.17) is 15.2 Å². The number of rotatable bonds is 5. The number of aromatic nitrogens is 2. The predicted molar refractivity (Wildman–Crippen MR) is 132 cm³/mol. The number of pyridine rings is 2. The van der Waals surface area contributed by atoms with E-state index < -0.39 is 4.92 Å². The van der Waals surface area contributed by atoms with Crippen LogP contribution in [0.3, 0.4) is 0 Å². The Balaban J connectivity index is 0.000000192. The van der Waals surface area contributed by atoms with Crippen molar-refractivity contribution in [2.24, 2.45) is 0 Å². The van der Waals surface area contributed by atoms with E-state index in [-0.39, 0.29) is 5.69 Å². The average molecular weight is 459 g/mol. The Labute approximate surface area is 198 Å². The fourth-order valence-corrected chi connectivity index (χ4v) is 2.93. The van der Waals surface area contributed by atoms with Crippen LogP contribution >= 0.6 is 0 Å². The lowest BCUT2D eigenvalue weighted by Gasteiger charge is -2.08. The summed E-state index contributed by atoms with van der Waals surface area (Å²) in [4.78, 5) is 18.5. The van der Waals surface area contributed by atoms with Crippen LogP contribution in [0, 0.1) is 37.8 Å². The minimum Gasteiger partial charge on any atom is -0.455 e. The van der Waals surface area contributed by atoms with E-state index in [1.807, 2.05) is 63.2 Å². The maximum absolute atomic E-state index is 10.6. The normalized spacial score (nSPS) is 10.1. The quantitative estimate of drug-likeness (QED) is 0.207. The number of aryl methyl sites for hydroxylation is 4. The van der Waals surface area contributed by atoms with Crippen molar-refractivity contribution in [2.45, 2.75) is 27.7 Å². The highest BCUT2D eigenvalue weighted by atomic mass is 16.6.